The number of nitrogens with two attached hydrogens (primary N) is 1. The maximum absolute atomic E-state index is 12.4. The average Bonchev–Trinajstić information content (AvgIpc) is 2.41. The highest BCUT2D eigenvalue weighted by Crippen LogP contribution is 2.28. The molecule has 0 atom stereocenters. The van der Waals surface area contributed by atoms with Crippen molar-refractivity contribution in [3.8, 4) is 0 Å². The quantitative estimate of drug-likeness (QED) is 0.841. The summed E-state index contributed by atoms with van der Waals surface area (Å²) in [6, 6.07) is 2.83. The Balaban J connectivity index is 2.23. The van der Waals surface area contributed by atoms with E-state index in [0.717, 1.165) is 13.1 Å². The van der Waals surface area contributed by atoms with Gasteiger partial charge in [-0.1, -0.05) is 23.2 Å². The minimum absolute atomic E-state index is 0.00653. The molecule has 0 saturated carbocycles. The number of hydrogen-bond acceptors (Lipinski definition) is 5. The van der Waals surface area contributed by atoms with E-state index in [2.05, 4.69) is 9.73 Å². The molecule has 0 spiro atoms. The van der Waals surface area contributed by atoms with Gasteiger partial charge in [-0.3, -0.25) is 0 Å². The van der Waals surface area contributed by atoms with Crippen LogP contribution in [0.4, 0.5) is 0 Å². The molecule has 21 heavy (non-hydrogen) atoms. The number of benzene rings is 1. The van der Waals surface area contributed by atoms with Crippen LogP contribution in [0.2, 0.25) is 10.0 Å². The van der Waals surface area contributed by atoms with E-state index in [1.54, 1.807) is 5.01 Å². The summed E-state index contributed by atoms with van der Waals surface area (Å²) < 4.78 is 24.9. The molecule has 1 fully saturated rings. The van der Waals surface area contributed by atoms with Gasteiger partial charge in [-0.25, -0.2) is 13.4 Å². The van der Waals surface area contributed by atoms with Crippen LogP contribution in [0.1, 0.15) is 5.56 Å². The summed E-state index contributed by atoms with van der Waals surface area (Å²) in [5, 5.41) is 2.11. The summed E-state index contributed by atoms with van der Waals surface area (Å²) in [6.07, 6.45) is 0. The Kier molecular flexibility index (Phi) is 5.48. The summed E-state index contributed by atoms with van der Waals surface area (Å²) in [5.41, 5.74) is 6.10. The fourth-order valence-corrected chi connectivity index (χ4v) is 4.05. The molecule has 9 heteroatoms. The predicted octanol–water partition coefficient (Wildman–Crippen LogP) is 0.893. The van der Waals surface area contributed by atoms with Crippen LogP contribution < -0.4 is 10.6 Å². The molecule has 1 saturated heterocycles. The van der Waals surface area contributed by atoms with Gasteiger partial charge in [0.15, 0.2) is 0 Å². The Labute approximate surface area is 134 Å². The normalized spacial score (nSPS) is 18.1. The van der Waals surface area contributed by atoms with Gasteiger partial charge in [-0.05, 0) is 24.7 Å². The van der Waals surface area contributed by atoms with Crippen LogP contribution >= 0.6 is 23.2 Å². The van der Waals surface area contributed by atoms with E-state index in [1.165, 1.54) is 12.1 Å². The largest absolute Gasteiger partial charge is 0.326 e. The number of nitrogens with one attached hydrogen (secondary N) is 1. The van der Waals surface area contributed by atoms with Crippen LogP contribution in [-0.4, -0.2) is 51.6 Å². The second-order valence-corrected chi connectivity index (χ2v) is 7.41. The van der Waals surface area contributed by atoms with Crippen molar-refractivity contribution in [3.63, 3.8) is 0 Å². The first-order valence-electron chi connectivity index (χ1n) is 6.47. The molecule has 1 aliphatic rings. The molecule has 2 rings (SSSR count). The van der Waals surface area contributed by atoms with Crippen molar-refractivity contribution in [1.82, 2.24) is 14.7 Å². The van der Waals surface area contributed by atoms with Gasteiger partial charge in [0.1, 0.15) is 4.90 Å². The smallest absolute Gasteiger partial charge is 0.254 e. The van der Waals surface area contributed by atoms with E-state index in [1.807, 2.05) is 7.05 Å². The third-order valence-corrected chi connectivity index (χ3v) is 5.55. The maximum atomic E-state index is 12.4. The monoisotopic (exact) mass is 352 g/mol. The van der Waals surface area contributed by atoms with Crippen molar-refractivity contribution in [2.24, 2.45) is 5.73 Å². The Morgan fingerprint density at radius 1 is 1.19 bits per heavy atom. The number of hydrogen-bond donors (Lipinski definition) is 2. The molecule has 1 aliphatic heterocycles. The minimum Gasteiger partial charge on any atom is -0.326 e. The van der Waals surface area contributed by atoms with Gasteiger partial charge in [0.2, 0.25) is 0 Å². The number of rotatable bonds is 4. The first-order chi connectivity index (χ1) is 9.83. The summed E-state index contributed by atoms with van der Waals surface area (Å²) in [4.78, 5) is 4.68. The zero-order chi connectivity index (χ0) is 15.6. The van der Waals surface area contributed by atoms with Crippen molar-refractivity contribution in [3.05, 3.63) is 27.7 Å². The lowest BCUT2D eigenvalue weighted by molar-refractivity contribution is 0.135. The van der Waals surface area contributed by atoms with Gasteiger partial charge in [0, 0.05) is 37.7 Å². The first kappa shape index (κ1) is 17.0. The Bertz CT molecular complexity index is 616. The Hall–Kier alpha value is -0.410. The molecule has 1 heterocycles. The highest BCUT2D eigenvalue weighted by atomic mass is 35.5. The van der Waals surface area contributed by atoms with Crippen molar-refractivity contribution in [2.75, 3.05) is 33.2 Å². The van der Waals surface area contributed by atoms with Crippen molar-refractivity contribution in [2.45, 2.75) is 11.4 Å². The average molecular weight is 353 g/mol. The highest BCUT2D eigenvalue weighted by molar-refractivity contribution is 7.89. The first-order valence-corrected chi connectivity index (χ1v) is 8.71. The van der Waals surface area contributed by atoms with Crippen molar-refractivity contribution in [1.29, 1.82) is 0 Å². The van der Waals surface area contributed by atoms with Gasteiger partial charge < -0.3 is 10.6 Å². The molecule has 0 unspecified atom stereocenters. The molecule has 1 aromatic rings. The van der Waals surface area contributed by atoms with Gasteiger partial charge in [-0.15, -0.1) is 4.83 Å². The fourth-order valence-electron chi connectivity index (χ4n) is 2.05. The lowest BCUT2D eigenvalue weighted by Crippen LogP contribution is -2.52. The number of sulfonamides is 1. The lowest BCUT2D eigenvalue weighted by Gasteiger charge is -2.32. The molecule has 0 radical (unpaired) electrons. The van der Waals surface area contributed by atoms with E-state index >= 15 is 0 Å². The predicted molar refractivity (Wildman–Crippen MR) is 83.7 cm³/mol. The molecular weight excluding hydrogens is 335 g/mol. The standard InChI is InChI=1S/C12H18Cl2N4O2S/c1-17-2-4-18(5-3-17)16-21(19,20)12-6-9(8-15)10(13)7-11(12)14/h6-7,16H,2-5,8,15H2,1H3. The number of hydrazine groups is 1. The highest BCUT2D eigenvalue weighted by Gasteiger charge is 2.24. The van der Waals surface area contributed by atoms with Crippen LogP contribution in [0.3, 0.4) is 0 Å². The molecule has 1 aromatic carbocycles. The number of piperazine rings is 1. The van der Waals surface area contributed by atoms with Crippen molar-refractivity contribution >= 4 is 33.2 Å². The maximum Gasteiger partial charge on any atom is 0.254 e. The lowest BCUT2D eigenvalue weighted by atomic mass is 10.2. The topological polar surface area (TPSA) is 78.7 Å². The second-order valence-electron chi connectivity index (χ2n) is 4.96. The molecule has 118 valence electrons. The molecule has 0 aromatic heterocycles. The molecule has 0 aliphatic carbocycles. The number of likely N-dealkylation sites (N-methyl/N-ethyl adjacent to an activating group) is 1. The van der Waals surface area contributed by atoms with Crippen LogP contribution in [0.5, 0.6) is 0 Å². The Morgan fingerprint density at radius 3 is 2.38 bits per heavy atom. The van der Waals surface area contributed by atoms with Crippen LogP contribution in [-0.2, 0) is 16.6 Å². The van der Waals surface area contributed by atoms with Crippen molar-refractivity contribution < 1.29 is 8.42 Å². The molecule has 0 amide bonds. The molecular formula is C12H18Cl2N4O2S. The zero-order valence-corrected chi connectivity index (χ0v) is 14.0. The van der Waals surface area contributed by atoms with Gasteiger partial charge >= 0.3 is 0 Å². The third kappa shape index (κ3) is 4.07. The van der Waals surface area contributed by atoms with E-state index in [9.17, 15) is 8.42 Å². The molecule has 0 bridgehead atoms. The summed E-state index contributed by atoms with van der Waals surface area (Å²) in [6.45, 7) is 2.97. The Morgan fingerprint density at radius 2 is 1.81 bits per heavy atom. The molecule has 3 N–H and O–H groups in total. The van der Waals surface area contributed by atoms with Crippen LogP contribution in [0.15, 0.2) is 17.0 Å². The van der Waals surface area contributed by atoms with E-state index in [0.29, 0.717) is 23.7 Å². The van der Waals surface area contributed by atoms with Gasteiger partial charge in [-0.2, -0.15) is 0 Å². The third-order valence-electron chi connectivity index (χ3n) is 3.36. The second kappa shape index (κ2) is 6.78. The number of halogens is 2. The van der Waals surface area contributed by atoms with Crippen LogP contribution in [0, 0.1) is 0 Å². The van der Waals surface area contributed by atoms with E-state index < -0.39 is 10.0 Å². The minimum atomic E-state index is -3.75. The zero-order valence-electron chi connectivity index (χ0n) is 11.6. The van der Waals surface area contributed by atoms with Gasteiger partial charge in [0.05, 0.1) is 5.02 Å². The fraction of sp³-hybridized carbons (Fsp3) is 0.500. The van der Waals surface area contributed by atoms with Crippen LogP contribution in [0.25, 0.3) is 0 Å². The molecule has 6 nitrogen and oxygen atoms in total. The number of nitrogens with zero attached hydrogens (tertiary/aromatic N) is 2. The summed E-state index contributed by atoms with van der Waals surface area (Å²) >= 11 is 12.0. The summed E-state index contributed by atoms with van der Waals surface area (Å²) in [5.74, 6) is 0. The van der Waals surface area contributed by atoms with E-state index in [4.69, 9.17) is 28.9 Å². The van der Waals surface area contributed by atoms with E-state index in [-0.39, 0.29) is 16.5 Å². The van der Waals surface area contributed by atoms with Gasteiger partial charge in [0.25, 0.3) is 10.0 Å². The SMILES string of the molecule is CN1CCN(NS(=O)(=O)c2cc(CN)c(Cl)cc2Cl)CC1. The summed E-state index contributed by atoms with van der Waals surface area (Å²) in [7, 11) is -1.75.